The fraction of sp³-hybridized carbons (Fsp3) is 0.500. The van der Waals surface area contributed by atoms with Crippen molar-refractivity contribution < 1.29 is 19.0 Å². The molecule has 0 atom stereocenters. The Morgan fingerprint density at radius 1 is 1.53 bits per heavy atom. The minimum absolute atomic E-state index is 0.126. The molecule has 0 heterocycles. The second-order valence-electron chi connectivity index (χ2n) is 5.03. The van der Waals surface area contributed by atoms with Gasteiger partial charge in [-0.25, -0.2) is 4.39 Å². The second-order valence-corrected chi connectivity index (χ2v) is 5.03. The first-order valence-electron chi connectivity index (χ1n) is 6.28. The van der Waals surface area contributed by atoms with E-state index < -0.39 is 5.82 Å². The summed E-state index contributed by atoms with van der Waals surface area (Å²) in [5.74, 6) is -0.294. The molecule has 1 saturated carbocycles. The van der Waals surface area contributed by atoms with E-state index in [9.17, 15) is 14.3 Å². The highest BCUT2D eigenvalue weighted by Crippen LogP contribution is 2.28. The lowest BCUT2D eigenvalue weighted by atomic mass is 9.82. The van der Waals surface area contributed by atoms with Gasteiger partial charge in [-0.2, -0.15) is 0 Å². The van der Waals surface area contributed by atoms with E-state index in [1.807, 2.05) is 0 Å². The van der Waals surface area contributed by atoms with Gasteiger partial charge in [0.15, 0.2) is 11.6 Å². The van der Waals surface area contributed by atoms with E-state index in [-0.39, 0.29) is 17.8 Å². The van der Waals surface area contributed by atoms with Crippen LogP contribution in [0, 0.1) is 11.7 Å². The van der Waals surface area contributed by atoms with Crippen LogP contribution in [-0.4, -0.2) is 42.7 Å². The summed E-state index contributed by atoms with van der Waals surface area (Å²) in [6.07, 6.45) is 1.23. The maximum atomic E-state index is 13.5. The van der Waals surface area contributed by atoms with Crippen LogP contribution in [0.3, 0.4) is 0 Å². The lowest BCUT2D eigenvalue weighted by Crippen LogP contribution is -2.39. The first-order chi connectivity index (χ1) is 9.01. The van der Waals surface area contributed by atoms with Gasteiger partial charge in [0, 0.05) is 19.2 Å². The first kappa shape index (κ1) is 13.8. The molecule has 1 aliphatic carbocycles. The highest BCUT2D eigenvalue weighted by Gasteiger charge is 2.29. The molecule has 1 amide bonds. The quantitative estimate of drug-likeness (QED) is 0.903. The Morgan fingerprint density at radius 3 is 2.74 bits per heavy atom. The molecule has 0 aliphatic heterocycles. The molecule has 0 spiro atoms. The Labute approximate surface area is 111 Å². The van der Waals surface area contributed by atoms with Gasteiger partial charge in [-0.15, -0.1) is 0 Å². The van der Waals surface area contributed by atoms with Crippen LogP contribution in [0.5, 0.6) is 5.75 Å². The van der Waals surface area contributed by atoms with E-state index in [1.54, 1.807) is 18.0 Å². The van der Waals surface area contributed by atoms with Gasteiger partial charge in [0.05, 0.1) is 13.2 Å². The van der Waals surface area contributed by atoms with Gasteiger partial charge in [0.1, 0.15) is 0 Å². The van der Waals surface area contributed by atoms with Crippen LogP contribution in [0.2, 0.25) is 0 Å². The number of carbonyl (C=O) groups excluding carboxylic acids is 1. The Kier molecular flexibility index (Phi) is 4.04. The van der Waals surface area contributed by atoms with Crippen molar-refractivity contribution in [1.82, 2.24) is 4.90 Å². The van der Waals surface area contributed by atoms with Crippen molar-refractivity contribution in [3.05, 3.63) is 29.6 Å². The third kappa shape index (κ3) is 3.04. The fourth-order valence-electron chi connectivity index (χ4n) is 2.34. The van der Waals surface area contributed by atoms with E-state index in [1.165, 1.54) is 19.2 Å². The number of aliphatic hydroxyl groups excluding tert-OH is 1. The molecule has 0 saturated heterocycles. The minimum atomic E-state index is -0.541. The standard InChI is InChI=1S/C14H18FNO3/c1-16(8-9-5-11(17)6-9)14(18)10-3-4-13(19-2)12(15)7-10/h3-4,7,9,11,17H,5-6,8H2,1-2H3. The molecule has 1 aromatic rings. The van der Waals surface area contributed by atoms with Crippen LogP contribution < -0.4 is 4.74 Å². The number of halogens is 1. The zero-order valence-corrected chi connectivity index (χ0v) is 11.1. The average Bonchev–Trinajstić information content (AvgIpc) is 2.35. The van der Waals surface area contributed by atoms with E-state index in [0.29, 0.717) is 18.0 Å². The van der Waals surface area contributed by atoms with Crippen molar-refractivity contribution in [3.8, 4) is 5.75 Å². The first-order valence-corrected chi connectivity index (χ1v) is 6.28. The maximum absolute atomic E-state index is 13.5. The number of aliphatic hydroxyl groups is 1. The summed E-state index contributed by atoms with van der Waals surface area (Å²) < 4.78 is 18.4. The zero-order valence-electron chi connectivity index (χ0n) is 11.1. The number of nitrogens with zero attached hydrogens (tertiary/aromatic N) is 1. The smallest absolute Gasteiger partial charge is 0.253 e. The molecule has 2 rings (SSSR count). The SMILES string of the molecule is COc1ccc(C(=O)N(C)CC2CC(O)C2)cc1F. The Morgan fingerprint density at radius 2 is 2.21 bits per heavy atom. The van der Waals surface area contributed by atoms with E-state index >= 15 is 0 Å². The predicted molar refractivity (Wildman–Crippen MR) is 68.6 cm³/mol. The van der Waals surface area contributed by atoms with E-state index in [2.05, 4.69) is 0 Å². The number of amides is 1. The van der Waals surface area contributed by atoms with Crippen LogP contribution in [0.25, 0.3) is 0 Å². The summed E-state index contributed by atoms with van der Waals surface area (Å²) in [7, 11) is 3.07. The molecule has 0 unspecified atom stereocenters. The number of ether oxygens (including phenoxy) is 1. The Bertz CT molecular complexity index is 472. The number of carbonyl (C=O) groups is 1. The van der Waals surface area contributed by atoms with Crippen LogP contribution in [0.15, 0.2) is 18.2 Å². The van der Waals surface area contributed by atoms with Gasteiger partial charge >= 0.3 is 0 Å². The van der Waals surface area contributed by atoms with Gasteiger partial charge in [-0.05, 0) is 37.0 Å². The van der Waals surface area contributed by atoms with Crippen molar-refractivity contribution in [2.75, 3.05) is 20.7 Å². The van der Waals surface area contributed by atoms with Gasteiger partial charge in [0.25, 0.3) is 5.91 Å². The molecular formula is C14H18FNO3. The minimum Gasteiger partial charge on any atom is -0.494 e. The largest absolute Gasteiger partial charge is 0.494 e. The van der Waals surface area contributed by atoms with Crippen LogP contribution in [0.1, 0.15) is 23.2 Å². The molecule has 5 heteroatoms. The summed E-state index contributed by atoms with van der Waals surface area (Å²) in [5, 5.41) is 9.21. The average molecular weight is 267 g/mol. The molecule has 104 valence electrons. The third-order valence-electron chi connectivity index (χ3n) is 3.49. The highest BCUT2D eigenvalue weighted by molar-refractivity contribution is 5.94. The molecule has 0 aromatic heterocycles. The summed E-state index contributed by atoms with van der Waals surface area (Å²) in [5.41, 5.74) is 0.306. The lowest BCUT2D eigenvalue weighted by Gasteiger charge is -2.34. The number of methoxy groups -OCH3 is 1. The number of rotatable bonds is 4. The summed E-state index contributed by atoms with van der Waals surface area (Å²) >= 11 is 0. The van der Waals surface area contributed by atoms with Gasteiger partial charge < -0.3 is 14.7 Å². The number of hydrogen-bond acceptors (Lipinski definition) is 3. The van der Waals surface area contributed by atoms with Crippen LogP contribution in [0.4, 0.5) is 4.39 Å². The highest BCUT2D eigenvalue weighted by atomic mass is 19.1. The Hall–Kier alpha value is -1.62. The molecule has 0 radical (unpaired) electrons. The zero-order chi connectivity index (χ0) is 14.0. The number of benzene rings is 1. The van der Waals surface area contributed by atoms with Gasteiger partial charge in [-0.3, -0.25) is 4.79 Å². The van der Waals surface area contributed by atoms with Crippen molar-refractivity contribution in [2.24, 2.45) is 5.92 Å². The van der Waals surface area contributed by atoms with E-state index in [4.69, 9.17) is 4.74 Å². The number of hydrogen-bond donors (Lipinski definition) is 1. The molecule has 4 nitrogen and oxygen atoms in total. The summed E-state index contributed by atoms with van der Waals surface area (Å²) in [6, 6.07) is 4.19. The third-order valence-corrected chi connectivity index (χ3v) is 3.49. The Balaban J connectivity index is 2.00. The lowest BCUT2D eigenvalue weighted by molar-refractivity contribution is 0.0265. The molecule has 0 bridgehead atoms. The molecule has 1 N–H and O–H groups in total. The summed E-state index contributed by atoms with van der Waals surface area (Å²) in [6.45, 7) is 0.587. The van der Waals surface area contributed by atoms with Crippen molar-refractivity contribution in [3.63, 3.8) is 0 Å². The van der Waals surface area contributed by atoms with Crippen molar-refractivity contribution >= 4 is 5.91 Å². The monoisotopic (exact) mass is 267 g/mol. The van der Waals surface area contributed by atoms with Crippen LogP contribution in [-0.2, 0) is 0 Å². The van der Waals surface area contributed by atoms with Crippen LogP contribution >= 0.6 is 0 Å². The molecule has 1 fully saturated rings. The maximum Gasteiger partial charge on any atom is 0.253 e. The second kappa shape index (κ2) is 5.57. The van der Waals surface area contributed by atoms with Gasteiger partial charge in [0.2, 0.25) is 0 Å². The van der Waals surface area contributed by atoms with E-state index in [0.717, 1.165) is 12.8 Å². The summed E-state index contributed by atoms with van der Waals surface area (Å²) in [4.78, 5) is 13.7. The topological polar surface area (TPSA) is 49.8 Å². The van der Waals surface area contributed by atoms with Crippen molar-refractivity contribution in [1.29, 1.82) is 0 Å². The molecule has 1 aliphatic rings. The normalized spacial score (nSPS) is 21.7. The fourth-order valence-corrected chi connectivity index (χ4v) is 2.34. The predicted octanol–water partition coefficient (Wildman–Crippen LogP) is 1.68. The van der Waals surface area contributed by atoms with Gasteiger partial charge in [-0.1, -0.05) is 0 Å². The molecular weight excluding hydrogens is 249 g/mol. The van der Waals surface area contributed by atoms with Crippen molar-refractivity contribution in [2.45, 2.75) is 18.9 Å². The molecule has 19 heavy (non-hydrogen) atoms. The molecule has 1 aromatic carbocycles.